The number of imide groups is 1. The lowest BCUT2D eigenvalue weighted by Gasteiger charge is -2.46. The normalized spacial score (nSPS) is 29.4. The molecule has 2 aromatic carbocycles. The van der Waals surface area contributed by atoms with Crippen molar-refractivity contribution >= 4 is 17.7 Å². The van der Waals surface area contributed by atoms with E-state index in [1.165, 1.54) is 4.90 Å². The lowest BCUT2D eigenvalue weighted by Crippen LogP contribution is -2.59. The third-order valence-electron chi connectivity index (χ3n) is 8.24. The predicted molar refractivity (Wildman–Crippen MR) is 142 cm³/mol. The number of fused-ring (bicyclic) bond motifs is 5. The van der Waals surface area contributed by atoms with Crippen molar-refractivity contribution in [1.82, 2.24) is 9.80 Å². The highest BCUT2D eigenvalue weighted by Gasteiger charge is 2.58. The molecular formula is C32H30N2O4. The minimum Gasteiger partial charge on any atom is -0.361 e. The molecular weight excluding hydrogens is 476 g/mol. The fourth-order valence-corrected chi connectivity index (χ4v) is 6.31. The molecule has 192 valence electrons. The van der Waals surface area contributed by atoms with Crippen molar-refractivity contribution in [1.29, 1.82) is 0 Å². The van der Waals surface area contributed by atoms with E-state index in [9.17, 15) is 14.4 Å². The summed E-state index contributed by atoms with van der Waals surface area (Å²) >= 11 is 0. The van der Waals surface area contributed by atoms with Crippen LogP contribution >= 0.6 is 0 Å². The van der Waals surface area contributed by atoms with Crippen LogP contribution in [0.25, 0.3) is 0 Å². The Morgan fingerprint density at radius 1 is 0.921 bits per heavy atom. The van der Waals surface area contributed by atoms with Crippen LogP contribution in [0, 0.1) is 35.5 Å². The zero-order valence-electron chi connectivity index (χ0n) is 21.3. The van der Waals surface area contributed by atoms with Crippen molar-refractivity contribution in [2.75, 3.05) is 13.1 Å². The number of nitrogens with zero attached hydrogens (tertiary/aromatic N) is 2. The van der Waals surface area contributed by atoms with Crippen LogP contribution in [0.1, 0.15) is 30.5 Å². The molecule has 2 heterocycles. The molecule has 0 unspecified atom stereocenters. The summed E-state index contributed by atoms with van der Waals surface area (Å²) in [6, 6.07) is 19.5. The molecule has 6 heteroatoms. The smallest absolute Gasteiger partial charge is 0.255 e. The van der Waals surface area contributed by atoms with Crippen LogP contribution in [0.2, 0.25) is 0 Å². The van der Waals surface area contributed by atoms with Gasteiger partial charge in [0, 0.05) is 6.54 Å². The number of β-lactam (4-membered cyclic amide) rings is 1. The molecule has 0 N–H and O–H groups in total. The van der Waals surface area contributed by atoms with E-state index in [1.807, 2.05) is 73.7 Å². The molecule has 6 nitrogen and oxygen atoms in total. The van der Waals surface area contributed by atoms with E-state index < -0.39 is 6.10 Å². The van der Waals surface area contributed by atoms with Gasteiger partial charge < -0.3 is 9.64 Å². The summed E-state index contributed by atoms with van der Waals surface area (Å²) in [5, 5.41) is 0. The number of ether oxygens (including phenoxy) is 1. The molecule has 2 bridgehead atoms. The first-order valence-electron chi connectivity index (χ1n) is 13.2. The molecule has 2 aromatic rings. The Kier molecular flexibility index (Phi) is 6.47. The third-order valence-corrected chi connectivity index (χ3v) is 8.24. The standard InChI is InChI=1S/C32H30N2O4/c1-21(16-18-34-30(35)26-24-14-15-25(19-24)27(26)31(34)36)9-8-17-33-28(23-12-6-3-7-13-23)29(32(33)37)38-20-22-10-4-2-5-11-22/h2-7,10-16,24-29H,17-20H2,1H3/b21-16+/t24-,25+,26-,27+,28-,29+/m1/s1. The number of hydrogen-bond donors (Lipinski definition) is 0. The molecule has 38 heavy (non-hydrogen) atoms. The van der Waals surface area contributed by atoms with Crippen LogP contribution in [0.15, 0.2) is 84.5 Å². The van der Waals surface area contributed by atoms with Gasteiger partial charge in [-0.25, -0.2) is 0 Å². The van der Waals surface area contributed by atoms with Gasteiger partial charge in [0.25, 0.3) is 5.91 Å². The Labute approximate surface area is 223 Å². The maximum absolute atomic E-state index is 13.0. The maximum atomic E-state index is 13.0. The first-order valence-corrected chi connectivity index (χ1v) is 13.2. The van der Waals surface area contributed by atoms with E-state index in [0.717, 1.165) is 23.1 Å². The molecule has 2 aliphatic carbocycles. The SMILES string of the molecule is C/C(C#CCN1C(=O)[C@@H](OCc2ccccc2)[C@H]1c1ccccc1)=C\CN1C(=O)[C@@H]2[C@H](C1=O)[C@@H]1C=C[C@H]2C1. The maximum Gasteiger partial charge on any atom is 0.255 e. The molecule has 3 fully saturated rings. The van der Waals surface area contributed by atoms with Crippen molar-refractivity contribution in [2.24, 2.45) is 23.7 Å². The van der Waals surface area contributed by atoms with Crippen LogP contribution in [-0.4, -0.2) is 46.7 Å². The van der Waals surface area contributed by atoms with Gasteiger partial charge in [0.1, 0.15) is 0 Å². The summed E-state index contributed by atoms with van der Waals surface area (Å²) in [6.07, 6.45) is 6.41. The summed E-state index contributed by atoms with van der Waals surface area (Å²) < 4.78 is 6.04. The van der Waals surface area contributed by atoms with Gasteiger partial charge in [-0.2, -0.15) is 0 Å². The van der Waals surface area contributed by atoms with Crippen molar-refractivity contribution in [2.45, 2.75) is 32.1 Å². The molecule has 0 radical (unpaired) electrons. The summed E-state index contributed by atoms with van der Waals surface area (Å²) in [7, 11) is 0. The Hall–Kier alpha value is -3.95. The summed E-state index contributed by atoms with van der Waals surface area (Å²) in [6.45, 7) is 2.75. The van der Waals surface area contributed by atoms with Crippen molar-refractivity contribution in [3.05, 3.63) is 95.6 Å². The van der Waals surface area contributed by atoms with E-state index >= 15 is 0 Å². The van der Waals surface area contributed by atoms with Crippen molar-refractivity contribution in [3.63, 3.8) is 0 Å². The lowest BCUT2D eigenvalue weighted by atomic mass is 9.85. The van der Waals surface area contributed by atoms with Crippen LogP contribution in [0.3, 0.4) is 0 Å². The van der Waals surface area contributed by atoms with Gasteiger partial charge in [-0.05, 0) is 41.9 Å². The van der Waals surface area contributed by atoms with E-state index in [4.69, 9.17) is 4.74 Å². The number of rotatable bonds is 7. The molecule has 6 atom stereocenters. The number of carbonyl (C=O) groups excluding carboxylic acids is 3. The zero-order chi connectivity index (χ0) is 26.2. The average Bonchev–Trinajstić information content (AvgIpc) is 3.63. The number of benzene rings is 2. The first kappa shape index (κ1) is 24.4. The van der Waals surface area contributed by atoms with Gasteiger partial charge in [0.2, 0.25) is 11.8 Å². The second-order valence-electron chi connectivity index (χ2n) is 10.5. The predicted octanol–water partition coefficient (Wildman–Crippen LogP) is 3.91. The van der Waals surface area contributed by atoms with Gasteiger partial charge >= 0.3 is 0 Å². The lowest BCUT2D eigenvalue weighted by molar-refractivity contribution is -0.175. The third kappa shape index (κ3) is 4.27. The minimum atomic E-state index is -0.549. The Morgan fingerprint density at radius 3 is 2.21 bits per heavy atom. The number of amides is 3. The van der Waals surface area contributed by atoms with Crippen molar-refractivity contribution < 1.29 is 19.1 Å². The average molecular weight is 507 g/mol. The Balaban J connectivity index is 1.09. The zero-order valence-corrected chi connectivity index (χ0v) is 21.3. The highest BCUT2D eigenvalue weighted by atomic mass is 16.5. The van der Waals surface area contributed by atoms with Crippen LogP contribution in [-0.2, 0) is 25.7 Å². The second-order valence-corrected chi connectivity index (χ2v) is 10.5. The summed E-state index contributed by atoms with van der Waals surface area (Å²) in [4.78, 5) is 41.9. The Morgan fingerprint density at radius 2 is 1.55 bits per heavy atom. The molecule has 1 saturated carbocycles. The quantitative estimate of drug-likeness (QED) is 0.247. The van der Waals surface area contributed by atoms with E-state index in [-0.39, 0.29) is 60.5 Å². The van der Waals surface area contributed by atoms with Gasteiger partial charge in [0.15, 0.2) is 6.10 Å². The highest BCUT2D eigenvalue weighted by Crippen LogP contribution is 2.52. The van der Waals surface area contributed by atoms with E-state index in [0.29, 0.717) is 6.61 Å². The molecule has 0 aromatic heterocycles. The fourth-order valence-electron chi connectivity index (χ4n) is 6.31. The highest BCUT2D eigenvalue weighted by molar-refractivity contribution is 6.06. The molecule has 6 rings (SSSR count). The Bertz CT molecular complexity index is 1340. The topological polar surface area (TPSA) is 66.9 Å². The number of carbonyl (C=O) groups is 3. The number of allylic oxidation sites excluding steroid dienone is 3. The van der Waals surface area contributed by atoms with E-state index in [1.54, 1.807) is 4.90 Å². The molecule has 0 spiro atoms. The van der Waals surface area contributed by atoms with Gasteiger partial charge in [0.05, 0.1) is 31.0 Å². The van der Waals surface area contributed by atoms with E-state index in [2.05, 4.69) is 24.0 Å². The van der Waals surface area contributed by atoms with Crippen LogP contribution in [0.4, 0.5) is 0 Å². The van der Waals surface area contributed by atoms with Crippen molar-refractivity contribution in [3.8, 4) is 11.8 Å². The van der Waals surface area contributed by atoms with Gasteiger partial charge in [-0.15, -0.1) is 0 Å². The van der Waals surface area contributed by atoms with Gasteiger partial charge in [-0.1, -0.05) is 90.7 Å². The largest absolute Gasteiger partial charge is 0.361 e. The fraction of sp³-hybridized carbons (Fsp3) is 0.344. The van der Waals surface area contributed by atoms with Gasteiger partial charge in [-0.3, -0.25) is 19.3 Å². The molecule has 4 aliphatic rings. The first-order chi connectivity index (χ1) is 18.5. The summed E-state index contributed by atoms with van der Waals surface area (Å²) in [5.74, 6) is 6.09. The molecule has 3 amide bonds. The monoisotopic (exact) mass is 506 g/mol. The minimum absolute atomic E-state index is 0.0488. The molecule has 2 aliphatic heterocycles. The van der Waals surface area contributed by atoms with Crippen LogP contribution < -0.4 is 0 Å². The molecule has 2 saturated heterocycles. The number of likely N-dealkylation sites (tertiary alicyclic amines) is 2. The second kappa shape index (κ2) is 10.1. The number of hydrogen-bond acceptors (Lipinski definition) is 4. The van der Waals surface area contributed by atoms with Crippen LogP contribution in [0.5, 0.6) is 0 Å². The summed E-state index contributed by atoms with van der Waals surface area (Å²) in [5.41, 5.74) is 2.80.